The lowest BCUT2D eigenvalue weighted by Gasteiger charge is -2.40. The average molecular weight is 462 g/mol. The summed E-state index contributed by atoms with van der Waals surface area (Å²) in [6.45, 7) is 2.05. The number of imide groups is 1. The highest BCUT2D eigenvalue weighted by Gasteiger charge is 2.47. The Hall–Kier alpha value is -2.29. The smallest absolute Gasteiger partial charge is 0.323 e. The second kappa shape index (κ2) is 8.83. The quantitative estimate of drug-likeness (QED) is 0.701. The van der Waals surface area contributed by atoms with Crippen molar-refractivity contribution in [2.45, 2.75) is 24.6 Å². The predicted molar refractivity (Wildman–Crippen MR) is 121 cm³/mol. The molecular weight excluding hydrogens is 442 g/mol. The molecule has 3 heterocycles. The third-order valence-corrected chi connectivity index (χ3v) is 7.37. The number of amides is 4. The summed E-state index contributed by atoms with van der Waals surface area (Å²) in [5, 5.41) is 6.58. The van der Waals surface area contributed by atoms with Gasteiger partial charge in [-0.1, -0.05) is 29.8 Å². The lowest BCUT2D eigenvalue weighted by molar-refractivity contribution is -0.132. The van der Waals surface area contributed by atoms with Crippen molar-refractivity contribution >= 4 is 58.2 Å². The summed E-state index contributed by atoms with van der Waals surface area (Å²) < 4.78 is 0. The third kappa shape index (κ3) is 4.26. The fourth-order valence-electron chi connectivity index (χ4n) is 3.52. The van der Waals surface area contributed by atoms with Gasteiger partial charge >= 0.3 is 6.03 Å². The molecule has 4 rings (SSSR count). The molecule has 1 fully saturated rings. The number of carbonyl (C=O) groups excluding carboxylic acids is 3. The van der Waals surface area contributed by atoms with Crippen molar-refractivity contribution in [3.05, 3.63) is 62.7 Å². The third-order valence-electron chi connectivity index (χ3n) is 5.03. The van der Waals surface area contributed by atoms with Crippen molar-refractivity contribution in [1.82, 2.24) is 9.80 Å². The number of urea groups is 1. The number of carbonyl (C=O) groups is 3. The van der Waals surface area contributed by atoms with E-state index in [1.54, 1.807) is 23.5 Å². The van der Waals surface area contributed by atoms with Crippen LogP contribution in [0.25, 0.3) is 0 Å². The summed E-state index contributed by atoms with van der Waals surface area (Å²) in [7, 11) is 0. The molecule has 2 aliphatic heterocycles. The molecule has 0 radical (unpaired) electrons. The second-order valence-corrected chi connectivity index (χ2v) is 9.63. The molecule has 0 spiro atoms. The monoisotopic (exact) mass is 461 g/mol. The largest absolute Gasteiger partial charge is 0.327 e. The van der Waals surface area contributed by atoms with Gasteiger partial charge in [0.1, 0.15) is 11.8 Å². The summed E-state index contributed by atoms with van der Waals surface area (Å²) in [6, 6.07) is 8.42. The molecule has 0 aliphatic carbocycles. The molecule has 0 saturated carbocycles. The highest BCUT2D eigenvalue weighted by atomic mass is 35.5. The van der Waals surface area contributed by atoms with E-state index in [1.165, 1.54) is 21.6 Å². The number of aryl methyl sites for hydroxylation is 1. The van der Waals surface area contributed by atoms with E-state index < -0.39 is 17.3 Å². The average Bonchev–Trinajstić information content (AvgIpc) is 3.39. The molecule has 2 aliphatic rings. The molecule has 4 amide bonds. The molecule has 2 aromatic rings. The zero-order valence-electron chi connectivity index (χ0n) is 16.2. The lowest BCUT2D eigenvalue weighted by Crippen LogP contribution is -2.63. The first-order chi connectivity index (χ1) is 14.4. The Balaban J connectivity index is 1.48. The van der Waals surface area contributed by atoms with Crippen molar-refractivity contribution in [3.8, 4) is 0 Å². The Morgan fingerprint density at radius 1 is 1.27 bits per heavy atom. The van der Waals surface area contributed by atoms with E-state index in [4.69, 9.17) is 11.6 Å². The van der Waals surface area contributed by atoms with Crippen molar-refractivity contribution in [2.24, 2.45) is 0 Å². The van der Waals surface area contributed by atoms with Crippen LogP contribution in [-0.4, -0.2) is 52.0 Å². The molecule has 1 aromatic carbocycles. The van der Waals surface area contributed by atoms with E-state index in [0.29, 0.717) is 23.7 Å². The zero-order valence-corrected chi connectivity index (χ0v) is 18.6. The minimum atomic E-state index is -0.435. The van der Waals surface area contributed by atoms with Crippen LogP contribution >= 0.6 is 34.7 Å². The molecule has 0 bridgehead atoms. The van der Waals surface area contributed by atoms with Gasteiger partial charge in [0.25, 0.3) is 0 Å². The van der Waals surface area contributed by atoms with Gasteiger partial charge in [-0.05, 0) is 47.9 Å². The normalized spacial score (nSPS) is 20.6. The van der Waals surface area contributed by atoms with E-state index >= 15 is 0 Å². The van der Waals surface area contributed by atoms with Crippen molar-refractivity contribution in [1.29, 1.82) is 0 Å². The van der Waals surface area contributed by atoms with Gasteiger partial charge in [-0.15, -0.1) is 23.1 Å². The first-order valence-electron chi connectivity index (χ1n) is 9.46. The molecule has 6 nitrogen and oxygen atoms in total. The number of hydrogen-bond donors (Lipinski definition) is 1. The molecule has 1 saturated heterocycles. The van der Waals surface area contributed by atoms with Crippen LogP contribution in [0.3, 0.4) is 0 Å². The van der Waals surface area contributed by atoms with Crippen LogP contribution in [0, 0.1) is 6.92 Å². The van der Waals surface area contributed by atoms with E-state index in [9.17, 15) is 14.4 Å². The number of thioether (sulfide) groups is 1. The number of fused-ring (bicyclic) bond motifs is 1. The molecule has 1 aromatic heterocycles. The Morgan fingerprint density at radius 2 is 2.10 bits per heavy atom. The maximum Gasteiger partial charge on any atom is 0.327 e. The van der Waals surface area contributed by atoms with Crippen LogP contribution in [0.1, 0.15) is 10.4 Å². The minimum absolute atomic E-state index is 0.155. The minimum Gasteiger partial charge on any atom is -0.323 e. The van der Waals surface area contributed by atoms with Crippen molar-refractivity contribution in [2.75, 3.05) is 18.4 Å². The molecule has 30 heavy (non-hydrogen) atoms. The van der Waals surface area contributed by atoms with Gasteiger partial charge in [0.05, 0.1) is 16.8 Å². The van der Waals surface area contributed by atoms with Gasteiger partial charge in [-0.2, -0.15) is 0 Å². The fraction of sp³-hybridized carbons (Fsp3) is 0.286. The van der Waals surface area contributed by atoms with Crippen LogP contribution in [0.5, 0.6) is 0 Å². The fourth-order valence-corrected chi connectivity index (χ4v) is 5.56. The second-order valence-electron chi connectivity index (χ2n) is 7.14. The van der Waals surface area contributed by atoms with Crippen LogP contribution in [0.15, 0.2) is 47.2 Å². The van der Waals surface area contributed by atoms with Gasteiger partial charge in [0, 0.05) is 11.4 Å². The number of halogens is 1. The summed E-state index contributed by atoms with van der Waals surface area (Å²) in [6.07, 6.45) is 2.41. The van der Waals surface area contributed by atoms with Crippen LogP contribution in [-0.2, 0) is 16.0 Å². The van der Waals surface area contributed by atoms with E-state index in [0.717, 1.165) is 10.4 Å². The maximum atomic E-state index is 13.1. The summed E-state index contributed by atoms with van der Waals surface area (Å²) in [4.78, 5) is 42.5. The van der Waals surface area contributed by atoms with Gasteiger partial charge in [0.15, 0.2) is 0 Å². The standard InChI is InChI=1S/C21H20ClN3O3S2/c1-13-4-5-16(15(22)11-13)23-18(26)12-25-17-7-10-30-19(17)20(27)24(21(25)28)8-6-14-3-2-9-29-14/h2-5,7,9-11,17,19H,6,8,12H2,1H3,(H,23,26). The molecule has 156 valence electrons. The number of rotatable bonds is 6. The Labute approximate surface area is 187 Å². The van der Waals surface area contributed by atoms with Gasteiger partial charge < -0.3 is 10.2 Å². The number of nitrogens with one attached hydrogen (secondary N) is 1. The Morgan fingerprint density at radius 3 is 2.83 bits per heavy atom. The van der Waals surface area contributed by atoms with Crippen LogP contribution < -0.4 is 5.32 Å². The van der Waals surface area contributed by atoms with E-state index in [1.807, 2.05) is 42.0 Å². The molecule has 2 atom stereocenters. The molecular formula is C21H20ClN3O3S2. The molecule has 2 unspecified atom stereocenters. The van der Waals surface area contributed by atoms with Crippen molar-refractivity contribution in [3.63, 3.8) is 0 Å². The first kappa shape index (κ1) is 21.0. The predicted octanol–water partition coefficient (Wildman–Crippen LogP) is 4.15. The number of thiophene rings is 1. The maximum absolute atomic E-state index is 13.1. The Bertz CT molecular complexity index is 1010. The van der Waals surface area contributed by atoms with E-state index in [-0.39, 0.29) is 18.4 Å². The summed E-state index contributed by atoms with van der Waals surface area (Å²) in [5.41, 5.74) is 1.48. The van der Waals surface area contributed by atoms with E-state index in [2.05, 4.69) is 5.32 Å². The molecule has 9 heteroatoms. The number of nitrogens with zero attached hydrogens (tertiary/aromatic N) is 2. The highest BCUT2D eigenvalue weighted by Crippen LogP contribution is 2.34. The Kier molecular flexibility index (Phi) is 6.17. The number of hydrogen-bond acceptors (Lipinski definition) is 5. The lowest BCUT2D eigenvalue weighted by atomic mass is 10.1. The summed E-state index contributed by atoms with van der Waals surface area (Å²) >= 11 is 9.18. The highest BCUT2D eigenvalue weighted by molar-refractivity contribution is 8.03. The van der Waals surface area contributed by atoms with Gasteiger partial charge in [-0.3, -0.25) is 14.5 Å². The zero-order chi connectivity index (χ0) is 21.3. The van der Waals surface area contributed by atoms with Crippen LogP contribution in [0.4, 0.5) is 10.5 Å². The molecule has 1 N–H and O–H groups in total. The first-order valence-corrected chi connectivity index (χ1v) is 11.7. The topological polar surface area (TPSA) is 69.7 Å². The van der Waals surface area contributed by atoms with Crippen molar-refractivity contribution < 1.29 is 14.4 Å². The van der Waals surface area contributed by atoms with Crippen LogP contribution in [0.2, 0.25) is 5.02 Å². The summed E-state index contributed by atoms with van der Waals surface area (Å²) in [5.74, 6) is -0.555. The van der Waals surface area contributed by atoms with Gasteiger partial charge in [-0.25, -0.2) is 4.79 Å². The van der Waals surface area contributed by atoms with Gasteiger partial charge in [0.2, 0.25) is 11.8 Å². The number of benzene rings is 1. The number of anilines is 1. The SMILES string of the molecule is Cc1ccc(NC(=O)CN2C(=O)N(CCc3cccs3)C(=O)C3SC=CC32)c(Cl)c1.